The molecule has 0 saturated carbocycles. The minimum absolute atomic E-state index is 0.231. The standard InChI is InChI=1S/C23H28FN5O/c1-3-25-23(27-15-18(2)30-21-12-8-7-11-20(21)24)28-16-22-26-13-14-29(22)17-19-9-5-4-6-10-19/h4-14,18H,3,15-17H2,1-2H3,(H2,25,27,28). The molecule has 1 unspecified atom stereocenters. The lowest BCUT2D eigenvalue weighted by atomic mass is 10.2. The van der Waals surface area contributed by atoms with Crippen LogP contribution in [0.2, 0.25) is 0 Å². The zero-order chi connectivity index (χ0) is 21.2. The van der Waals surface area contributed by atoms with Crippen molar-refractivity contribution in [2.24, 2.45) is 4.99 Å². The summed E-state index contributed by atoms with van der Waals surface area (Å²) in [5.74, 6) is 1.43. The molecule has 0 aliphatic carbocycles. The summed E-state index contributed by atoms with van der Waals surface area (Å²) < 4.78 is 21.5. The topological polar surface area (TPSA) is 63.5 Å². The Balaban J connectivity index is 1.57. The Hall–Kier alpha value is -3.35. The molecule has 0 saturated heterocycles. The number of ether oxygens (including phenoxy) is 1. The normalized spacial score (nSPS) is 12.4. The van der Waals surface area contributed by atoms with Crippen LogP contribution in [0.25, 0.3) is 0 Å². The Labute approximate surface area is 176 Å². The largest absolute Gasteiger partial charge is 0.486 e. The van der Waals surface area contributed by atoms with Gasteiger partial charge in [0.25, 0.3) is 0 Å². The van der Waals surface area contributed by atoms with Crippen LogP contribution in [0.15, 0.2) is 72.0 Å². The molecule has 0 spiro atoms. The molecule has 0 aliphatic heterocycles. The van der Waals surface area contributed by atoms with E-state index in [4.69, 9.17) is 4.74 Å². The molecule has 1 aromatic heterocycles. The van der Waals surface area contributed by atoms with Gasteiger partial charge in [-0.3, -0.25) is 0 Å². The Morgan fingerprint density at radius 1 is 1.13 bits per heavy atom. The highest BCUT2D eigenvalue weighted by Gasteiger charge is 2.09. The van der Waals surface area contributed by atoms with Crippen molar-refractivity contribution in [1.29, 1.82) is 0 Å². The zero-order valence-electron chi connectivity index (χ0n) is 17.4. The van der Waals surface area contributed by atoms with Crippen molar-refractivity contribution in [3.8, 4) is 5.75 Å². The van der Waals surface area contributed by atoms with Crippen LogP contribution in [0, 0.1) is 5.82 Å². The number of aromatic nitrogens is 2. The minimum atomic E-state index is -0.366. The SMILES string of the molecule is CCNC(=NCc1nccn1Cc1ccccc1)NCC(C)Oc1ccccc1F. The fraction of sp³-hybridized carbons (Fsp3) is 0.304. The number of halogens is 1. The summed E-state index contributed by atoms with van der Waals surface area (Å²) >= 11 is 0. The number of aliphatic imine (C=N–C) groups is 1. The van der Waals surface area contributed by atoms with E-state index in [1.807, 2.05) is 38.2 Å². The Bertz CT molecular complexity index is 942. The second kappa shape index (κ2) is 11.0. The summed E-state index contributed by atoms with van der Waals surface area (Å²) in [6.45, 7) is 6.30. The van der Waals surface area contributed by atoms with Crippen molar-refractivity contribution < 1.29 is 9.13 Å². The molecule has 158 valence electrons. The van der Waals surface area contributed by atoms with E-state index < -0.39 is 0 Å². The van der Waals surface area contributed by atoms with Crippen LogP contribution >= 0.6 is 0 Å². The molecule has 0 bridgehead atoms. The lowest BCUT2D eigenvalue weighted by Gasteiger charge is -2.18. The van der Waals surface area contributed by atoms with Crippen LogP contribution in [-0.2, 0) is 13.1 Å². The highest BCUT2D eigenvalue weighted by Crippen LogP contribution is 2.16. The Kier molecular flexibility index (Phi) is 7.83. The van der Waals surface area contributed by atoms with Gasteiger partial charge >= 0.3 is 0 Å². The number of nitrogens with one attached hydrogen (secondary N) is 2. The molecule has 3 aromatic rings. The van der Waals surface area contributed by atoms with Gasteiger partial charge in [-0.25, -0.2) is 14.4 Å². The molecule has 0 fully saturated rings. The van der Waals surface area contributed by atoms with Crippen molar-refractivity contribution in [3.63, 3.8) is 0 Å². The smallest absolute Gasteiger partial charge is 0.191 e. The number of guanidine groups is 1. The molecule has 30 heavy (non-hydrogen) atoms. The lowest BCUT2D eigenvalue weighted by Crippen LogP contribution is -2.41. The van der Waals surface area contributed by atoms with E-state index in [-0.39, 0.29) is 17.7 Å². The average Bonchev–Trinajstić information content (AvgIpc) is 3.19. The van der Waals surface area contributed by atoms with Gasteiger partial charge in [0, 0.05) is 25.5 Å². The number of nitrogens with zero attached hydrogens (tertiary/aromatic N) is 3. The Morgan fingerprint density at radius 2 is 1.90 bits per heavy atom. The molecule has 2 N–H and O–H groups in total. The lowest BCUT2D eigenvalue weighted by molar-refractivity contribution is 0.214. The average molecular weight is 410 g/mol. The number of para-hydroxylation sites is 1. The summed E-state index contributed by atoms with van der Waals surface area (Å²) in [6.07, 6.45) is 3.52. The summed E-state index contributed by atoms with van der Waals surface area (Å²) in [6, 6.07) is 16.7. The first-order valence-corrected chi connectivity index (χ1v) is 10.1. The van der Waals surface area contributed by atoms with Crippen molar-refractivity contribution in [2.45, 2.75) is 33.0 Å². The monoisotopic (exact) mass is 409 g/mol. The van der Waals surface area contributed by atoms with Crippen molar-refractivity contribution in [3.05, 3.63) is 84.2 Å². The molecule has 2 aromatic carbocycles. The van der Waals surface area contributed by atoms with E-state index in [1.165, 1.54) is 11.6 Å². The van der Waals surface area contributed by atoms with Crippen LogP contribution in [0.1, 0.15) is 25.2 Å². The van der Waals surface area contributed by atoms with E-state index in [2.05, 4.69) is 37.3 Å². The van der Waals surface area contributed by atoms with E-state index in [0.29, 0.717) is 19.0 Å². The third-order valence-electron chi connectivity index (χ3n) is 4.44. The van der Waals surface area contributed by atoms with Crippen molar-refractivity contribution in [1.82, 2.24) is 20.2 Å². The second-order valence-corrected chi connectivity index (χ2v) is 6.89. The van der Waals surface area contributed by atoms with Gasteiger partial charge in [-0.05, 0) is 31.5 Å². The first-order valence-electron chi connectivity index (χ1n) is 10.1. The van der Waals surface area contributed by atoms with Crippen LogP contribution in [0.5, 0.6) is 5.75 Å². The summed E-state index contributed by atoms with van der Waals surface area (Å²) in [4.78, 5) is 9.08. The number of hydrogen-bond donors (Lipinski definition) is 2. The molecular formula is C23H28FN5O. The van der Waals surface area contributed by atoms with E-state index >= 15 is 0 Å². The van der Waals surface area contributed by atoms with E-state index in [1.54, 1.807) is 24.4 Å². The fourth-order valence-corrected chi connectivity index (χ4v) is 2.95. The number of benzene rings is 2. The predicted molar refractivity (Wildman–Crippen MR) is 117 cm³/mol. The van der Waals surface area contributed by atoms with E-state index in [9.17, 15) is 4.39 Å². The first kappa shape index (κ1) is 21.4. The zero-order valence-corrected chi connectivity index (χ0v) is 17.4. The summed E-state index contributed by atoms with van der Waals surface area (Å²) in [7, 11) is 0. The third kappa shape index (κ3) is 6.34. The van der Waals surface area contributed by atoms with Gasteiger partial charge < -0.3 is 19.9 Å². The third-order valence-corrected chi connectivity index (χ3v) is 4.44. The number of hydrogen-bond acceptors (Lipinski definition) is 3. The minimum Gasteiger partial charge on any atom is -0.486 e. The Morgan fingerprint density at radius 3 is 2.67 bits per heavy atom. The van der Waals surface area contributed by atoms with Crippen molar-refractivity contribution >= 4 is 5.96 Å². The maximum absolute atomic E-state index is 13.8. The van der Waals surface area contributed by atoms with Gasteiger partial charge in [0.2, 0.25) is 0 Å². The van der Waals surface area contributed by atoms with Gasteiger partial charge in [0.1, 0.15) is 18.5 Å². The quantitative estimate of drug-likeness (QED) is 0.419. The van der Waals surface area contributed by atoms with Gasteiger partial charge in [0.15, 0.2) is 17.5 Å². The molecule has 3 rings (SSSR count). The maximum Gasteiger partial charge on any atom is 0.191 e. The van der Waals surface area contributed by atoms with Gasteiger partial charge in [-0.2, -0.15) is 0 Å². The second-order valence-electron chi connectivity index (χ2n) is 6.89. The molecule has 0 amide bonds. The number of imidazole rings is 1. The summed E-state index contributed by atoms with van der Waals surface area (Å²) in [5, 5.41) is 6.46. The van der Waals surface area contributed by atoms with Crippen LogP contribution < -0.4 is 15.4 Å². The van der Waals surface area contributed by atoms with E-state index in [0.717, 1.165) is 18.9 Å². The maximum atomic E-state index is 13.8. The molecule has 1 atom stereocenters. The first-order chi connectivity index (χ1) is 14.7. The number of rotatable bonds is 9. The molecule has 1 heterocycles. The highest BCUT2D eigenvalue weighted by atomic mass is 19.1. The molecule has 7 heteroatoms. The van der Waals surface area contributed by atoms with Crippen molar-refractivity contribution in [2.75, 3.05) is 13.1 Å². The summed E-state index contributed by atoms with van der Waals surface area (Å²) in [5.41, 5.74) is 1.21. The van der Waals surface area contributed by atoms with Gasteiger partial charge in [0.05, 0.1) is 6.54 Å². The molecule has 0 radical (unpaired) electrons. The molecular weight excluding hydrogens is 381 g/mol. The highest BCUT2D eigenvalue weighted by molar-refractivity contribution is 5.79. The van der Waals surface area contributed by atoms with Gasteiger partial charge in [-0.1, -0.05) is 42.5 Å². The molecule has 0 aliphatic rings. The van der Waals surface area contributed by atoms with Crippen LogP contribution in [-0.4, -0.2) is 34.7 Å². The van der Waals surface area contributed by atoms with Crippen LogP contribution in [0.4, 0.5) is 4.39 Å². The fourth-order valence-electron chi connectivity index (χ4n) is 2.95. The van der Waals surface area contributed by atoms with Gasteiger partial charge in [-0.15, -0.1) is 0 Å². The predicted octanol–water partition coefficient (Wildman–Crippen LogP) is 3.59. The van der Waals surface area contributed by atoms with Crippen LogP contribution in [0.3, 0.4) is 0 Å². The molecule has 6 nitrogen and oxygen atoms in total.